The molecule has 0 aliphatic rings. The second kappa shape index (κ2) is 7.92. The Morgan fingerprint density at radius 2 is 1.42 bits per heavy atom. The number of rotatable bonds is 5. The second-order valence-electron chi connectivity index (χ2n) is 4.90. The first kappa shape index (κ1) is 17.2. The quantitative estimate of drug-likeness (QED) is 0.788. The van der Waals surface area contributed by atoms with E-state index in [2.05, 4.69) is 4.74 Å². The van der Waals surface area contributed by atoms with Gasteiger partial charge in [-0.15, -0.1) is 0 Å². The van der Waals surface area contributed by atoms with Gasteiger partial charge in [-0.1, -0.05) is 30.3 Å². The van der Waals surface area contributed by atoms with Crippen molar-refractivity contribution in [3.05, 3.63) is 65.7 Å². The van der Waals surface area contributed by atoms with Crippen LogP contribution in [0.2, 0.25) is 0 Å². The molecule has 0 aromatic heterocycles. The van der Waals surface area contributed by atoms with Crippen LogP contribution < -0.4 is 4.90 Å². The highest BCUT2D eigenvalue weighted by molar-refractivity contribution is 6.04. The van der Waals surface area contributed by atoms with E-state index in [0.717, 1.165) is 0 Å². The highest BCUT2D eigenvalue weighted by Gasteiger charge is 2.20. The van der Waals surface area contributed by atoms with Gasteiger partial charge in [-0.05, 0) is 24.3 Å². The molecule has 0 saturated carbocycles. The molecule has 2 rings (SSSR count). The Balaban J connectivity index is 2.03. The molecule has 24 heavy (non-hydrogen) atoms. The molecule has 6 heteroatoms. The number of amides is 1. The summed E-state index contributed by atoms with van der Waals surface area (Å²) in [5, 5.41) is 0. The molecular weight excluding hydrogens is 310 g/mol. The SMILES string of the molecule is COC(=O)c1ccccc1C(=O)OCC(=O)N(C)c1ccccc1. The van der Waals surface area contributed by atoms with Gasteiger partial charge in [-0.25, -0.2) is 9.59 Å². The summed E-state index contributed by atoms with van der Waals surface area (Å²) in [7, 11) is 2.82. The zero-order chi connectivity index (χ0) is 17.5. The number of ether oxygens (including phenoxy) is 2. The molecule has 1 amide bonds. The number of carbonyl (C=O) groups is 3. The topological polar surface area (TPSA) is 72.9 Å². The molecule has 0 atom stereocenters. The number of nitrogens with zero attached hydrogens (tertiary/aromatic N) is 1. The third-order valence-corrected chi connectivity index (χ3v) is 3.40. The molecule has 0 fully saturated rings. The molecule has 0 radical (unpaired) electrons. The lowest BCUT2D eigenvalue weighted by Crippen LogP contribution is -2.31. The van der Waals surface area contributed by atoms with Crippen molar-refractivity contribution in [1.82, 2.24) is 0 Å². The van der Waals surface area contributed by atoms with Crippen molar-refractivity contribution < 1.29 is 23.9 Å². The van der Waals surface area contributed by atoms with Crippen LogP contribution in [0.15, 0.2) is 54.6 Å². The Morgan fingerprint density at radius 1 is 0.875 bits per heavy atom. The Kier molecular flexibility index (Phi) is 5.68. The summed E-state index contributed by atoms with van der Waals surface area (Å²) in [6.07, 6.45) is 0. The highest BCUT2D eigenvalue weighted by atomic mass is 16.5. The summed E-state index contributed by atoms with van der Waals surface area (Å²) in [5.74, 6) is -1.79. The first-order valence-electron chi connectivity index (χ1n) is 7.20. The summed E-state index contributed by atoms with van der Waals surface area (Å²) in [6, 6.07) is 15.1. The minimum Gasteiger partial charge on any atom is -0.465 e. The molecule has 0 unspecified atom stereocenters. The molecule has 2 aromatic carbocycles. The fourth-order valence-corrected chi connectivity index (χ4v) is 2.05. The van der Waals surface area contributed by atoms with Gasteiger partial charge in [0.1, 0.15) is 0 Å². The minimum absolute atomic E-state index is 0.0551. The average molecular weight is 327 g/mol. The predicted molar refractivity (Wildman–Crippen MR) is 87.9 cm³/mol. The molecule has 0 aliphatic carbocycles. The van der Waals surface area contributed by atoms with Gasteiger partial charge in [0.05, 0.1) is 18.2 Å². The fourth-order valence-electron chi connectivity index (χ4n) is 2.05. The summed E-state index contributed by atoms with van der Waals surface area (Å²) in [6.45, 7) is -0.431. The van der Waals surface area contributed by atoms with Gasteiger partial charge in [0.25, 0.3) is 5.91 Å². The lowest BCUT2D eigenvalue weighted by Gasteiger charge is -2.17. The summed E-state index contributed by atoms with van der Waals surface area (Å²) in [5.41, 5.74) is 0.835. The molecule has 6 nitrogen and oxygen atoms in total. The zero-order valence-electron chi connectivity index (χ0n) is 13.4. The molecular formula is C18H17NO5. The smallest absolute Gasteiger partial charge is 0.339 e. The predicted octanol–water partition coefficient (Wildman–Crippen LogP) is 2.29. The molecule has 0 heterocycles. The number of carbonyl (C=O) groups excluding carboxylic acids is 3. The van der Waals surface area contributed by atoms with Crippen molar-refractivity contribution >= 4 is 23.5 Å². The summed E-state index contributed by atoms with van der Waals surface area (Å²) in [4.78, 5) is 37.3. The first-order valence-corrected chi connectivity index (χ1v) is 7.20. The maximum atomic E-state index is 12.1. The van der Waals surface area contributed by atoms with Gasteiger partial charge in [-0.3, -0.25) is 4.79 Å². The van der Waals surface area contributed by atoms with Crippen molar-refractivity contribution in [2.24, 2.45) is 0 Å². The van der Waals surface area contributed by atoms with Crippen molar-refractivity contribution in [2.75, 3.05) is 25.7 Å². The Morgan fingerprint density at radius 3 is 2.00 bits per heavy atom. The molecule has 0 bridgehead atoms. The normalized spacial score (nSPS) is 9.92. The monoisotopic (exact) mass is 327 g/mol. The van der Waals surface area contributed by atoms with E-state index in [1.54, 1.807) is 43.4 Å². The number of methoxy groups -OCH3 is 1. The third kappa shape index (κ3) is 3.98. The average Bonchev–Trinajstić information content (AvgIpc) is 2.65. The standard InChI is InChI=1S/C18H17NO5/c1-19(13-8-4-3-5-9-13)16(20)12-24-18(22)15-11-7-6-10-14(15)17(21)23-2/h3-11H,12H2,1-2H3. The van der Waals surface area contributed by atoms with Crippen LogP contribution in [0.1, 0.15) is 20.7 Å². The number of benzene rings is 2. The van der Waals surface area contributed by atoms with Gasteiger partial charge in [0, 0.05) is 12.7 Å². The van der Waals surface area contributed by atoms with Crippen molar-refractivity contribution in [3.8, 4) is 0 Å². The largest absolute Gasteiger partial charge is 0.465 e. The number of hydrogen-bond donors (Lipinski definition) is 0. The third-order valence-electron chi connectivity index (χ3n) is 3.40. The van der Waals surface area contributed by atoms with Crippen molar-refractivity contribution in [3.63, 3.8) is 0 Å². The van der Waals surface area contributed by atoms with E-state index >= 15 is 0 Å². The fraction of sp³-hybridized carbons (Fsp3) is 0.167. The van der Waals surface area contributed by atoms with Crippen LogP contribution in [0, 0.1) is 0 Å². The van der Waals surface area contributed by atoms with Gasteiger partial charge >= 0.3 is 11.9 Å². The molecule has 2 aromatic rings. The van der Waals surface area contributed by atoms with Crippen LogP contribution >= 0.6 is 0 Å². The molecule has 0 saturated heterocycles. The number of hydrogen-bond acceptors (Lipinski definition) is 5. The van der Waals surface area contributed by atoms with Crippen LogP contribution in [-0.2, 0) is 14.3 Å². The second-order valence-corrected chi connectivity index (χ2v) is 4.90. The highest BCUT2D eigenvalue weighted by Crippen LogP contribution is 2.13. The number of para-hydroxylation sites is 1. The van der Waals surface area contributed by atoms with E-state index in [1.165, 1.54) is 24.1 Å². The minimum atomic E-state index is -0.759. The van der Waals surface area contributed by atoms with Crippen LogP contribution in [0.4, 0.5) is 5.69 Å². The number of likely N-dealkylation sites (N-methyl/N-ethyl adjacent to an activating group) is 1. The lowest BCUT2D eigenvalue weighted by molar-refractivity contribution is -0.121. The van der Waals surface area contributed by atoms with E-state index in [1.807, 2.05) is 6.07 Å². The zero-order valence-corrected chi connectivity index (χ0v) is 13.4. The number of anilines is 1. The van der Waals surface area contributed by atoms with Gasteiger partial charge < -0.3 is 14.4 Å². The molecule has 0 N–H and O–H groups in total. The van der Waals surface area contributed by atoms with E-state index in [-0.39, 0.29) is 17.0 Å². The maximum Gasteiger partial charge on any atom is 0.339 e. The van der Waals surface area contributed by atoms with Gasteiger partial charge in [0.15, 0.2) is 6.61 Å². The van der Waals surface area contributed by atoms with Crippen molar-refractivity contribution in [2.45, 2.75) is 0 Å². The van der Waals surface area contributed by atoms with Crippen LogP contribution in [0.3, 0.4) is 0 Å². The van der Waals surface area contributed by atoms with E-state index in [0.29, 0.717) is 5.69 Å². The Hall–Kier alpha value is -3.15. The Bertz CT molecular complexity index is 742. The summed E-state index contributed by atoms with van der Waals surface area (Å²) < 4.78 is 9.66. The summed E-state index contributed by atoms with van der Waals surface area (Å²) >= 11 is 0. The lowest BCUT2D eigenvalue weighted by atomic mass is 10.1. The molecule has 0 spiro atoms. The van der Waals surface area contributed by atoms with Crippen molar-refractivity contribution in [1.29, 1.82) is 0 Å². The number of esters is 2. The van der Waals surface area contributed by atoms with Crippen LogP contribution in [0.25, 0.3) is 0 Å². The first-order chi connectivity index (χ1) is 11.5. The van der Waals surface area contributed by atoms with Crippen LogP contribution in [-0.4, -0.2) is 38.6 Å². The molecule has 124 valence electrons. The van der Waals surface area contributed by atoms with Crippen LogP contribution in [0.5, 0.6) is 0 Å². The van der Waals surface area contributed by atoms with E-state index in [9.17, 15) is 14.4 Å². The van der Waals surface area contributed by atoms with Gasteiger partial charge in [0.2, 0.25) is 0 Å². The Labute approximate surface area is 139 Å². The van der Waals surface area contributed by atoms with E-state index in [4.69, 9.17) is 4.74 Å². The van der Waals surface area contributed by atoms with Gasteiger partial charge in [-0.2, -0.15) is 0 Å². The maximum absolute atomic E-state index is 12.1. The van der Waals surface area contributed by atoms with E-state index < -0.39 is 18.5 Å². The molecule has 0 aliphatic heterocycles.